The first-order chi connectivity index (χ1) is 7.67. The van der Waals surface area contributed by atoms with Crippen LogP contribution in [-0.2, 0) is 0 Å². The van der Waals surface area contributed by atoms with Crippen molar-refractivity contribution in [3.05, 3.63) is 0 Å². The summed E-state index contributed by atoms with van der Waals surface area (Å²) in [6.07, 6.45) is 2.62. The second-order valence-corrected chi connectivity index (χ2v) is 5.23. The summed E-state index contributed by atoms with van der Waals surface area (Å²) in [5.74, 6) is 0.843. The van der Waals surface area contributed by atoms with Crippen molar-refractivity contribution in [2.45, 2.75) is 32.7 Å². The van der Waals surface area contributed by atoms with Crippen molar-refractivity contribution in [2.24, 2.45) is 5.92 Å². The van der Waals surface area contributed by atoms with Crippen LogP contribution < -0.4 is 5.32 Å². The van der Waals surface area contributed by atoms with Crippen LogP contribution in [0.1, 0.15) is 26.7 Å². The summed E-state index contributed by atoms with van der Waals surface area (Å²) in [6, 6.07) is 0.755. The highest BCUT2D eigenvalue weighted by molar-refractivity contribution is 4.84. The van der Waals surface area contributed by atoms with E-state index in [-0.39, 0.29) is 0 Å². The zero-order chi connectivity index (χ0) is 12.0. The maximum absolute atomic E-state index is 3.63. The summed E-state index contributed by atoms with van der Waals surface area (Å²) in [7, 11) is 4.31. The quantitative estimate of drug-likeness (QED) is 0.737. The van der Waals surface area contributed by atoms with Gasteiger partial charge in [-0.3, -0.25) is 0 Å². The third kappa shape index (κ3) is 4.40. The van der Waals surface area contributed by atoms with Gasteiger partial charge in [-0.15, -0.1) is 0 Å². The van der Waals surface area contributed by atoms with Gasteiger partial charge in [-0.05, 0) is 39.5 Å². The molecule has 1 fully saturated rings. The molecule has 2 unspecified atom stereocenters. The summed E-state index contributed by atoms with van der Waals surface area (Å²) in [6.45, 7) is 10.6. The molecule has 0 aromatic heterocycles. The highest BCUT2D eigenvalue weighted by Crippen LogP contribution is 2.19. The normalized spacial score (nSPS) is 27.6. The average Bonchev–Trinajstić information content (AvgIpc) is 2.28. The first-order valence-corrected chi connectivity index (χ1v) is 6.77. The first-order valence-electron chi connectivity index (χ1n) is 6.77. The molecule has 3 nitrogen and oxygen atoms in total. The van der Waals surface area contributed by atoms with Crippen LogP contribution in [0.2, 0.25) is 0 Å². The lowest BCUT2D eigenvalue weighted by atomic mass is 9.90. The molecular weight excluding hydrogens is 198 g/mol. The topological polar surface area (TPSA) is 18.5 Å². The van der Waals surface area contributed by atoms with Gasteiger partial charge in [0.2, 0.25) is 0 Å². The van der Waals surface area contributed by atoms with Crippen molar-refractivity contribution in [3.8, 4) is 0 Å². The van der Waals surface area contributed by atoms with Crippen molar-refractivity contribution < 1.29 is 0 Å². The second kappa shape index (κ2) is 7.25. The van der Waals surface area contributed by atoms with Gasteiger partial charge >= 0.3 is 0 Å². The van der Waals surface area contributed by atoms with E-state index in [1.165, 1.54) is 39.0 Å². The third-order valence-electron chi connectivity index (χ3n) is 3.67. The van der Waals surface area contributed by atoms with Crippen LogP contribution in [0, 0.1) is 5.92 Å². The average molecular weight is 227 g/mol. The minimum Gasteiger partial charge on any atom is -0.314 e. The van der Waals surface area contributed by atoms with E-state index >= 15 is 0 Å². The Morgan fingerprint density at radius 3 is 2.62 bits per heavy atom. The van der Waals surface area contributed by atoms with Gasteiger partial charge < -0.3 is 15.1 Å². The largest absolute Gasteiger partial charge is 0.314 e. The van der Waals surface area contributed by atoms with E-state index in [1.54, 1.807) is 0 Å². The summed E-state index contributed by atoms with van der Waals surface area (Å²) < 4.78 is 0. The van der Waals surface area contributed by atoms with Gasteiger partial charge in [-0.1, -0.05) is 20.3 Å². The minimum absolute atomic E-state index is 0.755. The fourth-order valence-electron chi connectivity index (χ4n) is 2.60. The van der Waals surface area contributed by atoms with Crippen LogP contribution in [0.25, 0.3) is 0 Å². The Labute approximate surface area is 101 Å². The number of rotatable bonds is 6. The molecule has 0 bridgehead atoms. The monoisotopic (exact) mass is 227 g/mol. The van der Waals surface area contributed by atoms with Crippen molar-refractivity contribution in [2.75, 3.05) is 46.8 Å². The molecule has 1 aliphatic rings. The smallest absolute Gasteiger partial charge is 0.0119 e. The zero-order valence-electron chi connectivity index (χ0n) is 11.5. The van der Waals surface area contributed by atoms with Crippen LogP contribution in [0.4, 0.5) is 0 Å². The first kappa shape index (κ1) is 13.9. The predicted octanol–water partition coefficient (Wildman–Crippen LogP) is 1.26. The highest BCUT2D eigenvalue weighted by Gasteiger charge is 2.26. The molecule has 16 heavy (non-hydrogen) atoms. The molecule has 0 radical (unpaired) electrons. The van der Waals surface area contributed by atoms with Gasteiger partial charge in [0.15, 0.2) is 0 Å². The van der Waals surface area contributed by atoms with Crippen molar-refractivity contribution >= 4 is 0 Å². The molecule has 3 heteroatoms. The molecule has 96 valence electrons. The van der Waals surface area contributed by atoms with E-state index in [1.807, 2.05) is 0 Å². The molecule has 1 heterocycles. The molecule has 1 N–H and O–H groups in total. The maximum atomic E-state index is 3.63. The number of likely N-dealkylation sites (N-methyl/N-ethyl adjacent to an activating group) is 1. The van der Waals surface area contributed by atoms with E-state index in [9.17, 15) is 0 Å². The van der Waals surface area contributed by atoms with Crippen molar-refractivity contribution in [1.29, 1.82) is 0 Å². The van der Waals surface area contributed by atoms with Gasteiger partial charge in [0.25, 0.3) is 0 Å². The molecule has 0 aromatic rings. The Morgan fingerprint density at radius 1 is 1.31 bits per heavy atom. The van der Waals surface area contributed by atoms with Gasteiger partial charge in [0.1, 0.15) is 0 Å². The van der Waals surface area contributed by atoms with Gasteiger partial charge in [-0.2, -0.15) is 0 Å². The molecule has 2 atom stereocenters. The minimum atomic E-state index is 0.755. The summed E-state index contributed by atoms with van der Waals surface area (Å²) in [5.41, 5.74) is 0. The molecule has 0 aliphatic carbocycles. The summed E-state index contributed by atoms with van der Waals surface area (Å²) in [5, 5.41) is 3.63. The zero-order valence-corrected chi connectivity index (χ0v) is 11.5. The van der Waals surface area contributed by atoms with Crippen molar-refractivity contribution in [1.82, 2.24) is 15.1 Å². The van der Waals surface area contributed by atoms with E-state index in [0.29, 0.717) is 0 Å². The Bertz CT molecular complexity index is 182. The fourth-order valence-corrected chi connectivity index (χ4v) is 2.60. The van der Waals surface area contributed by atoms with E-state index in [4.69, 9.17) is 0 Å². The van der Waals surface area contributed by atoms with Crippen molar-refractivity contribution in [3.63, 3.8) is 0 Å². The molecule has 0 saturated carbocycles. The van der Waals surface area contributed by atoms with Gasteiger partial charge in [-0.25, -0.2) is 0 Å². The molecule has 1 aliphatic heterocycles. The highest BCUT2D eigenvalue weighted by atomic mass is 15.2. The lowest BCUT2D eigenvalue weighted by Crippen LogP contribution is -2.50. The third-order valence-corrected chi connectivity index (χ3v) is 3.67. The lowest BCUT2D eigenvalue weighted by molar-refractivity contribution is 0.127. The number of hydrogen-bond donors (Lipinski definition) is 1. The Hall–Kier alpha value is -0.120. The van der Waals surface area contributed by atoms with Gasteiger partial charge in [0.05, 0.1) is 0 Å². The maximum Gasteiger partial charge on any atom is 0.0119 e. The van der Waals surface area contributed by atoms with Crippen LogP contribution in [0.15, 0.2) is 0 Å². The molecular formula is C13H29N3. The number of hydrogen-bond acceptors (Lipinski definition) is 3. The van der Waals surface area contributed by atoms with Crippen LogP contribution in [0.3, 0.4) is 0 Å². The fraction of sp³-hybridized carbons (Fsp3) is 1.00. The SMILES string of the molecule is CCNC1CCN(CCN(C)C)CC1CC. The predicted molar refractivity (Wildman–Crippen MR) is 70.9 cm³/mol. The van der Waals surface area contributed by atoms with E-state index in [2.05, 4.69) is 43.1 Å². The molecule has 0 aromatic carbocycles. The second-order valence-electron chi connectivity index (χ2n) is 5.23. The number of likely N-dealkylation sites (tertiary alicyclic amines) is 1. The summed E-state index contributed by atoms with van der Waals surface area (Å²) >= 11 is 0. The molecule has 1 saturated heterocycles. The Kier molecular flexibility index (Phi) is 6.32. The van der Waals surface area contributed by atoms with E-state index < -0.39 is 0 Å². The van der Waals surface area contributed by atoms with Crippen LogP contribution >= 0.6 is 0 Å². The van der Waals surface area contributed by atoms with E-state index in [0.717, 1.165) is 18.5 Å². The molecule has 1 rings (SSSR count). The number of nitrogens with one attached hydrogen (secondary N) is 1. The lowest BCUT2D eigenvalue weighted by Gasteiger charge is -2.39. The number of nitrogens with zero attached hydrogens (tertiary/aromatic N) is 2. The van der Waals surface area contributed by atoms with Crippen LogP contribution in [0.5, 0.6) is 0 Å². The molecule has 0 amide bonds. The Balaban J connectivity index is 2.33. The van der Waals surface area contributed by atoms with Gasteiger partial charge in [0, 0.05) is 25.7 Å². The number of piperidine rings is 1. The molecule has 0 spiro atoms. The summed E-state index contributed by atoms with van der Waals surface area (Å²) in [4.78, 5) is 4.90. The Morgan fingerprint density at radius 2 is 2.06 bits per heavy atom. The van der Waals surface area contributed by atoms with Crippen LogP contribution in [-0.4, -0.2) is 62.7 Å². The standard InChI is InChI=1S/C13H29N3/c1-5-12-11-16(10-9-15(3)4)8-7-13(12)14-6-2/h12-14H,5-11H2,1-4H3.